The monoisotopic (exact) mass is 375 g/mol. The minimum Gasteiger partial charge on any atom is -0.483 e. The quantitative estimate of drug-likeness (QED) is 0.282. The number of hydrogen-bond donors (Lipinski definition) is 0. The van der Waals surface area contributed by atoms with Crippen LogP contribution in [0, 0.1) is 10.1 Å². The van der Waals surface area contributed by atoms with Crippen molar-refractivity contribution in [1.82, 2.24) is 10.2 Å². The lowest BCUT2D eigenvalue weighted by Crippen LogP contribution is -1.99. The number of aromatic nitrogens is 2. The van der Waals surface area contributed by atoms with Gasteiger partial charge in [0.05, 0.1) is 10.5 Å². The van der Waals surface area contributed by atoms with E-state index < -0.39 is 4.92 Å². The zero-order valence-electron chi connectivity index (χ0n) is 14.4. The number of carbonyl (C=O) groups is 1. The van der Waals surface area contributed by atoms with E-state index in [4.69, 9.17) is 9.15 Å². The van der Waals surface area contributed by atoms with Gasteiger partial charge in [-0.05, 0) is 29.0 Å². The van der Waals surface area contributed by atoms with Crippen LogP contribution in [0.25, 0.3) is 22.2 Å². The third-order valence-corrected chi connectivity index (χ3v) is 4.19. The van der Waals surface area contributed by atoms with E-state index in [2.05, 4.69) is 10.2 Å². The van der Waals surface area contributed by atoms with Crippen LogP contribution in [0.5, 0.6) is 5.75 Å². The highest BCUT2D eigenvalue weighted by Crippen LogP contribution is 2.27. The number of fused-ring (bicyclic) bond motifs is 1. The standard InChI is InChI=1S/C20H13N3O5/c24-11-17-16-4-2-1-3-13(16)7-10-18(17)27-12-19-21-22-20(28-19)14-5-8-15(9-6-14)23(25)26/h1-11H,12H2. The Kier molecular flexibility index (Phi) is 4.51. The number of nitrogens with zero attached hydrogens (tertiary/aromatic N) is 3. The molecule has 1 heterocycles. The Balaban J connectivity index is 1.53. The second-order valence-corrected chi connectivity index (χ2v) is 5.91. The number of hydrogen-bond acceptors (Lipinski definition) is 7. The molecule has 0 atom stereocenters. The number of aldehydes is 1. The van der Waals surface area contributed by atoms with Gasteiger partial charge in [0, 0.05) is 17.7 Å². The van der Waals surface area contributed by atoms with Gasteiger partial charge >= 0.3 is 0 Å². The summed E-state index contributed by atoms with van der Waals surface area (Å²) in [6.07, 6.45) is 0.758. The van der Waals surface area contributed by atoms with Crippen LogP contribution in [-0.2, 0) is 6.61 Å². The van der Waals surface area contributed by atoms with E-state index in [9.17, 15) is 14.9 Å². The van der Waals surface area contributed by atoms with Crippen molar-refractivity contribution < 1.29 is 18.9 Å². The predicted octanol–water partition coefficient (Wildman–Crippen LogP) is 4.19. The van der Waals surface area contributed by atoms with E-state index in [1.165, 1.54) is 24.3 Å². The molecule has 0 radical (unpaired) electrons. The first-order chi connectivity index (χ1) is 13.7. The van der Waals surface area contributed by atoms with E-state index in [0.29, 0.717) is 16.9 Å². The third kappa shape index (κ3) is 3.30. The molecule has 0 fully saturated rings. The van der Waals surface area contributed by atoms with Crippen molar-refractivity contribution in [2.75, 3.05) is 0 Å². The Morgan fingerprint density at radius 3 is 2.57 bits per heavy atom. The summed E-state index contributed by atoms with van der Waals surface area (Å²) in [6, 6.07) is 16.9. The molecule has 0 unspecified atom stereocenters. The Labute approximate surface area is 158 Å². The van der Waals surface area contributed by atoms with Crippen LogP contribution in [0.1, 0.15) is 16.2 Å². The van der Waals surface area contributed by atoms with Crippen molar-refractivity contribution in [3.63, 3.8) is 0 Å². The van der Waals surface area contributed by atoms with Crippen molar-refractivity contribution >= 4 is 22.7 Å². The normalized spacial score (nSPS) is 10.7. The van der Waals surface area contributed by atoms with Gasteiger partial charge < -0.3 is 9.15 Å². The van der Waals surface area contributed by atoms with Gasteiger partial charge in [-0.15, -0.1) is 10.2 Å². The smallest absolute Gasteiger partial charge is 0.269 e. The molecule has 3 aromatic carbocycles. The largest absolute Gasteiger partial charge is 0.483 e. The summed E-state index contributed by atoms with van der Waals surface area (Å²) in [5, 5.41) is 20.3. The number of ether oxygens (including phenoxy) is 1. The average Bonchev–Trinajstić information content (AvgIpc) is 3.21. The van der Waals surface area contributed by atoms with E-state index in [-0.39, 0.29) is 24.1 Å². The molecular weight excluding hydrogens is 362 g/mol. The minimum atomic E-state index is -0.481. The molecule has 138 valence electrons. The SMILES string of the molecule is O=Cc1c(OCc2nnc(-c3ccc([N+](=O)[O-])cc3)o2)ccc2ccccc12. The van der Waals surface area contributed by atoms with E-state index in [1.807, 2.05) is 30.3 Å². The highest BCUT2D eigenvalue weighted by Gasteiger charge is 2.13. The van der Waals surface area contributed by atoms with E-state index >= 15 is 0 Å². The molecule has 1 aromatic heterocycles. The molecule has 0 spiro atoms. The molecule has 0 saturated carbocycles. The maximum atomic E-state index is 11.5. The van der Waals surface area contributed by atoms with E-state index in [0.717, 1.165) is 17.1 Å². The topological polar surface area (TPSA) is 108 Å². The average molecular weight is 375 g/mol. The van der Waals surface area contributed by atoms with Crippen LogP contribution < -0.4 is 4.74 Å². The fourth-order valence-corrected chi connectivity index (χ4v) is 2.82. The number of rotatable bonds is 6. The molecule has 0 saturated heterocycles. The summed E-state index contributed by atoms with van der Waals surface area (Å²) in [6.45, 7) is -0.0147. The molecule has 0 amide bonds. The Hall–Kier alpha value is -4.07. The second kappa shape index (κ2) is 7.28. The first-order valence-corrected chi connectivity index (χ1v) is 8.32. The van der Waals surface area contributed by atoms with E-state index in [1.54, 1.807) is 6.07 Å². The number of carbonyl (C=O) groups excluding carboxylic acids is 1. The maximum Gasteiger partial charge on any atom is 0.269 e. The molecular formula is C20H13N3O5. The van der Waals surface area contributed by atoms with Crippen LogP contribution in [0.15, 0.2) is 65.1 Å². The summed E-state index contributed by atoms with van der Waals surface area (Å²) >= 11 is 0. The molecule has 0 aliphatic rings. The van der Waals surface area contributed by atoms with Gasteiger partial charge in [0.15, 0.2) is 12.9 Å². The molecule has 4 aromatic rings. The Morgan fingerprint density at radius 2 is 1.82 bits per heavy atom. The first-order valence-electron chi connectivity index (χ1n) is 8.32. The Bertz CT molecular complexity index is 1170. The lowest BCUT2D eigenvalue weighted by molar-refractivity contribution is -0.384. The van der Waals surface area contributed by atoms with Gasteiger partial charge in [0.1, 0.15) is 5.75 Å². The fraction of sp³-hybridized carbons (Fsp3) is 0.0500. The van der Waals surface area contributed by atoms with Crippen molar-refractivity contribution in [1.29, 1.82) is 0 Å². The van der Waals surface area contributed by atoms with Crippen LogP contribution in [-0.4, -0.2) is 21.4 Å². The van der Waals surface area contributed by atoms with Gasteiger partial charge in [0.2, 0.25) is 5.89 Å². The second-order valence-electron chi connectivity index (χ2n) is 5.91. The minimum absolute atomic E-state index is 0.0147. The lowest BCUT2D eigenvalue weighted by Gasteiger charge is -2.09. The van der Waals surface area contributed by atoms with Crippen molar-refractivity contribution in [3.05, 3.63) is 82.2 Å². The Morgan fingerprint density at radius 1 is 1.04 bits per heavy atom. The lowest BCUT2D eigenvalue weighted by atomic mass is 10.0. The molecule has 8 nitrogen and oxygen atoms in total. The highest BCUT2D eigenvalue weighted by molar-refractivity contribution is 6.00. The summed E-state index contributed by atoms with van der Waals surface area (Å²) in [5.41, 5.74) is 0.987. The number of benzene rings is 3. The number of nitro benzene ring substituents is 1. The van der Waals surface area contributed by atoms with Crippen LogP contribution in [0.3, 0.4) is 0 Å². The van der Waals surface area contributed by atoms with Crippen molar-refractivity contribution in [3.8, 4) is 17.2 Å². The summed E-state index contributed by atoms with van der Waals surface area (Å²) in [4.78, 5) is 21.8. The third-order valence-electron chi connectivity index (χ3n) is 4.19. The van der Waals surface area contributed by atoms with Crippen LogP contribution in [0.2, 0.25) is 0 Å². The van der Waals surface area contributed by atoms with Gasteiger partial charge in [-0.3, -0.25) is 14.9 Å². The molecule has 0 bridgehead atoms. The molecule has 4 rings (SSSR count). The van der Waals surface area contributed by atoms with Crippen molar-refractivity contribution in [2.24, 2.45) is 0 Å². The van der Waals surface area contributed by atoms with Gasteiger partial charge in [0.25, 0.3) is 11.6 Å². The molecule has 28 heavy (non-hydrogen) atoms. The zero-order chi connectivity index (χ0) is 19.5. The summed E-state index contributed by atoms with van der Waals surface area (Å²) < 4.78 is 11.3. The number of nitro groups is 1. The van der Waals surface area contributed by atoms with Crippen molar-refractivity contribution in [2.45, 2.75) is 6.61 Å². The molecule has 0 aliphatic carbocycles. The van der Waals surface area contributed by atoms with Gasteiger partial charge in [-0.1, -0.05) is 30.3 Å². The van der Waals surface area contributed by atoms with Gasteiger partial charge in [-0.2, -0.15) is 0 Å². The molecule has 0 N–H and O–H groups in total. The van der Waals surface area contributed by atoms with Crippen LogP contribution in [0.4, 0.5) is 5.69 Å². The molecule has 0 aliphatic heterocycles. The summed E-state index contributed by atoms with van der Waals surface area (Å²) in [7, 11) is 0. The summed E-state index contributed by atoms with van der Waals surface area (Å²) in [5.74, 6) is 0.866. The van der Waals surface area contributed by atoms with Crippen LogP contribution >= 0.6 is 0 Å². The first kappa shape index (κ1) is 17.3. The highest BCUT2D eigenvalue weighted by atomic mass is 16.6. The zero-order valence-corrected chi connectivity index (χ0v) is 14.4. The molecule has 8 heteroatoms. The maximum absolute atomic E-state index is 11.5. The number of non-ortho nitro benzene ring substituents is 1. The van der Waals surface area contributed by atoms with Gasteiger partial charge in [-0.25, -0.2) is 0 Å². The predicted molar refractivity (Wildman–Crippen MR) is 100 cm³/mol. The fourth-order valence-electron chi connectivity index (χ4n) is 2.82.